The van der Waals surface area contributed by atoms with Gasteiger partial charge < -0.3 is 19.7 Å². The summed E-state index contributed by atoms with van der Waals surface area (Å²) in [7, 11) is 0. The number of nitrogens with one attached hydrogen (secondary N) is 1. The standard InChI is InChI=1S/C16H19N3O2.2ClH/c20-10-13-8-14(9-18-13)19-5-4-17-16(19)12-1-2-15-11(7-12)3-6-21-15;;/h1-2,4-5,7,13-14,18,20H,3,6,8-10H2;2*1H/t13-,14+;;/m1../s1. The van der Waals surface area contributed by atoms with Crippen molar-refractivity contribution in [3.05, 3.63) is 36.2 Å². The first-order chi connectivity index (χ1) is 10.3. The Morgan fingerprint density at radius 2 is 2.22 bits per heavy atom. The highest BCUT2D eigenvalue weighted by Crippen LogP contribution is 2.32. The first-order valence-corrected chi connectivity index (χ1v) is 7.48. The first kappa shape index (κ1) is 18.1. The van der Waals surface area contributed by atoms with E-state index in [-0.39, 0.29) is 37.5 Å². The average Bonchev–Trinajstić information content (AvgIpc) is 3.24. The molecule has 2 aromatic rings. The summed E-state index contributed by atoms with van der Waals surface area (Å²) in [4.78, 5) is 4.54. The third-order valence-electron chi connectivity index (χ3n) is 4.43. The molecular formula is C16H21Cl2N3O2. The zero-order valence-corrected chi connectivity index (χ0v) is 14.3. The van der Waals surface area contributed by atoms with Gasteiger partial charge in [0.1, 0.15) is 11.6 Å². The van der Waals surface area contributed by atoms with E-state index in [9.17, 15) is 5.11 Å². The quantitative estimate of drug-likeness (QED) is 0.884. The number of benzene rings is 1. The lowest BCUT2D eigenvalue weighted by molar-refractivity contribution is 0.253. The zero-order valence-electron chi connectivity index (χ0n) is 12.6. The maximum Gasteiger partial charge on any atom is 0.140 e. The summed E-state index contributed by atoms with van der Waals surface area (Å²) in [6.45, 7) is 1.84. The maximum atomic E-state index is 9.27. The van der Waals surface area contributed by atoms with Crippen LogP contribution in [0, 0.1) is 0 Å². The molecule has 2 N–H and O–H groups in total. The number of rotatable bonds is 3. The summed E-state index contributed by atoms with van der Waals surface area (Å²) in [5, 5.41) is 12.6. The molecule has 0 amide bonds. The van der Waals surface area contributed by atoms with Crippen LogP contribution in [0.3, 0.4) is 0 Å². The molecule has 0 bridgehead atoms. The van der Waals surface area contributed by atoms with Gasteiger partial charge in [0.25, 0.3) is 0 Å². The molecule has 2 aliphatic heterocycles. The molecule has 1 saturated heterocycles. The molecule has 2 atom stereocenters. The molecule has 4 rings (SSSR count). The van der Waals surface area contributed by atoms with Crippen molar-refractivity contribution in [2.45, 2.75) is 24.9 Å². The van der Waals surface area contributed by atoms with E-state index in [4.69, 9.17) is 4.74 Å². The van der Waals surface area contributed by atoms with Crippen LogP contribution >= 0.6 is 24.8 Å². The van der Waals surface area contributed by atoms with Crippen molar-refractivity contribution in [1.29, 1.82) is 0 Å². The van der Waals surface area contributed by atoms with Gasteiger partial charge in [-0.05, 0) is 30.2 Å². The molecule has 0 unspecified atom stereocenters. The minimum Gasteiger partial charge on any atom is -0.493 e. The predicted molar refractivity (Wildman–Crippen MR) is 93.9 cm³/mol. The lowest BCUT2D eigenvalue weighted by Crippen LogP contribution is -2.24. The van der Waals surface area contributed by atoms with E-state index < -0.39 is 0 Å². The molecule has 7 heteroatoms. The third kappa shape index (κ3) is 3.33. The second kappa shape index (κ2) is 7.53. The minimum atomic E-state index is 0. The molecule has 0 radical (unpaired) electrons. The van der Waals surface area contributed by atoms with Crippen LogP contribution in [0.25, 0.3) is 11.4 Å². The van der Waals surface area contributed by atoms with Crippen molar-refractivity contribution in [2.75, 3.05) is 19.8 Å². The SMILES string of the molecule is Cl.Cl.OC[C@H]1C[C@H](n2ccnc2-c2ccc3c(c2)CCO3)CN1. The molecule has 1 aromatic carbocycles. The monoisotopic (exact) mass is 357 g/mol. The second-order valence-corrected chi connectivity index (χ2v) is 5.76. The Balaban J connectivity index is 0.000000960. The average molecular weight is 358 g/mol. The van der Waals surface area contributed by atoms with E-state index in [1.54, 1.807) is 0 Å². The molecular weight excluding hydrogens is 337 g/mol. The van der Waals surface area contributed by atoms with Crippen molar-refractivity contribution in [3.63, 3.8) is 0 Å². The van der Waals surface area contributed by atoms with Crippen LogP contribution in [0.5, 0.6) is 5.75 Å². The van der Waals surface area contributed by atoms with Crippen LogP contribution in [0.1, 0.15) is 18.0 Å². The van der Waals surface area contributed by atoms with Gasteiger partial charge in [0.05, 0.1) is 13.2 Å². The molecule has 1 aromatic heterocycles. The number of hydrogen-bond donors (Lipinski definition) is 2. The predicted octanol–water partition coefficient (Wildman–Crippen LogP) is 2.22. The van der Waals surface area contributed by atoms with Crippen molar-refractivity contribution in [1.82, 2.24) is 14.9 Å². The second-order valence-electron chi connectivity index (χ2n) is 5.76. The van der Waals surface area contributed by atoms with Crippen molar-refractivity contribution < 1.29 is 9.84 Å². The van der Waals surface area contributed by atoms with Gasteiger partial charge in [0, 0.05) is 43.0 Å². The fourth-order valence-electron chi connectivity index (χ4n) is 3.31. The minimum absolute atomic E-state index is 0. The fourth-order valence-corrected chi connectivity index (χ4v) is 3.31. The lowest BCUT2D eigenvalue weighted by atomic mass is 10.1. The van der Waals surface area contributed by atoms with Crippen LogP contribution in [0.4, 0.5) is 0 Å². The summed E-state index contributed by atoms with van der Waals surface area (Å²) in [6.07, 6.45) is 5.80. The summed E-state index contributed by atoms with van der Waals surface area (Å²) in [5.74, 6) is 2.00. The molecule has 23 heavy (non-hydrogen) atoms. The number of hydrogen-bond acceptors (Lipinski definition) is 4. The molecule has 5 nitrogen and oxygen atoms in total. The highest BCUT2D eigenvalue weighted by atomic mass is 35.5. The van der Waals surface area contributed by atoms with Gasteiger partial charge in [0.15, 0.2) is 0 Å². The Morgan fingerprint density at radius 3 is 3.00 bits per heavy atom. The van der Waals surface area contributed by atoms with Crippen molar-refractivity contribution >= 4 is 24.8 Å². The lowest BCUT2D eigenvalue weighted by Gasteiger charge is -2.15. The van der Waals surface area contributed by atoms with Gasteiger partial charge >= 0.3 is 0 Å². The van der Waals surface area contributed by atoms with E-state index in [1.165, 1.54) is 5.56 Å². The number of imidazole rings is 1. The maximum absolute atomic E-state index is 9.27. The Labute approximate surface area is 147 Å². The van der Waals surface area contributed by atoms with E-state index in [0.717, 1.165) is 43.1 Å². The number of aliphatic hydroxyl groups is 1. The van der Waals surface area contributed by atoms with Crippen LogP contribution in [-0.4, -0.2) is 40.5 Å². The molecule has 2 aliphatic rings. The highest BCUT2D eigenvalue weighted by molar-refractivity contribution is 5.85. The van der Waals surface area contributed by atoms with Crippen LogP contribution < -0.4 is 10.1 Å². The van der Waals surface area contributed by atoms with Gasteiger partial charge in [0.2, 0.25) is 0 Å². The van der Waals surface area contributed by atoms with Gasteiger partial charge in [-0.1, -0.05) is 0 Å². The summed E-state index contributed by atoms with van der Waals surface area (Å²) < 4.78 is 7.79. The molecule has 0 spiro atoms. The van der Waals surface area contributed by atoms with Gasteiger partial charge in [-0.3, -0.25) is 0 Å². The van der Waals surface area contributed by atoms with Gasteiger partial charge in [-0.15, -0.1) is 24.8 Å². The van der Waals surface area contributed by atoms with E-state index in [1.807, 2.05) is 18.5 Å². The molecule has 3 heterocycles. The van der Waals surface area contributed by atoms with Gasteiger partial charge in [-0.2, -0.15) is 0 Å². The Morgan fingerprint density at radius 1 is 1.35 bits per heavy atom. The van der Waals surface area contributed by atoms with Crippen LogP contribution in [0.15, 0.2) is 30.6 Å². The Bertz CT molecular complexity index is 663. The Kier molecular flexibility index (Phi) is 5.92. The van der Waals surface area contributed by atoms with Crippen molar-refractivity contribution in [2.24, 2.45) is 0 Å². The number of nitrogens with zero attached hydrogens (tertiary/aromatic N) is 2. The summed E-state index contributed by atoms with van der Waals surface area (Å²) in [5.41, 5.74) is 2.40. The summed E-state index contributed by atoms with van der Waals surface area (Å²) in [6, 6.07) is 6.85. The van der Waals surface area contributed by atoms with E-state index >= 15 is 0 Å². The molecule has 1 fully saturated rings. The Hall–Kier alpha value is -1.27. The normalized spacial score (nSPS) is 22.0. The van der Waals surface area contributed by atoms with Crippen LogP contribution in [-0.2, 0) is 6.42 Å². The summed E-state index contributed by atoms with van der Waals surface area (Å²) >= 11 is 0. The first-order valence-electron chi connectivity index (χ1n) is 7.48. The fraction of sp³-hybridized carbons (Fsp3) is 0.438. The number of aromatic nitrogens is 2. The number of aliphatic hydroxyl groups excluding tert-OH is 1. The van der Waals surface area contributed by atoms with Crippen molar-refractivity contribution in [3.8, 4) is 17.1 Å². The molecule has 0 aliphatic carbocycles. The topological polar surface area (TPSA) is 59.3 Å². The smallest absolute Gasteiger partial charge is 0.140 e. The van der Waals surface area contributed by atoms with Crippen LogP contribution in [0.2, 0.25) is 0 Å². The number of ether oxygens (including phenoxy) is 1. The largest absolute Gasteiger partial charge is 0.493 e. The van der Waals surface area contributed by atoms with Gasteiger partial charge in [-0.25, -0.2) is 4.98 Å². The van der Waals surface area contributed by atoms with E-state index in [0.29, 0.717) is 6.04 Å². The molecule has 126 valence electrons. The number of halogens is 2. The number of fused-ring (bicyclic) bond motifs is 1. The zero-order chi connectivity index (χ0) is 14.2. The highest BCUT2D eigenvalue weighted by Gasteiger charge is 2.26. The molecule has 0 saturated carbocycles. The third-order valence-corrected chi connectivity index (χ3v) is 4.43. The van der Waals surface area contributed by atoms with E-state index in [2.05, 4.69) is 27.0 Å².